The van der Waals surface area contributed by atoms with Crippen LogP contribution in [0.4, 0.5) is 0 Å². The second kappa shape index (κ2) is 15.1. The highest BCUT2D eigenvalue weighted by Gasteiger charge is 2.77. The number of rotatable bonds is 15. The van der Waals surface area contributed by atoms with E-state index in [1.165, 1.54) is 0 Å². The fourth-order valence-electron chi connectivity index (χ4n) is 7.95. The van der Waals surface area contributed by atoms with E-state index in [4.69, 9.17) is 9.47 Å². The second-order valence-electron chi connectivity index (χ2n) is 13.4. The molecule has 0 saturated carbocycles. The van der Waals surface area contributed by atoms with E-state index < -0.39 is 35.6 Å². The first-order valence-corrected chi connectivity index (χ1v) is 17.5. The van der Waals surface area contributed by atoms with Crippen molar-refractivity contribution in [2.24, 2.45) is 17.8 Å². The van der Waals surface area contributed by atoms with Crippen LogP contribution in [0.3, 0.4) is 0 Å². The zero-order chi connectivity index (χ0) is 33.0. The number of carbonyl (C=O) groups is 3. The van der Waals surface area contributed by atoms with E-state index in [1.807, 2.05) is 44.2 Å². The number of halogens is 1. The summed E-state index contributed by atoms with van der Waals surface area (Å²) in [5.41, 5.74) is -0.236. The number of likely N-dealkylation sites (tertiary alicyclic amines) is 1. The van der Waals surface area contributed by atoms with Gasteiger partial charge < -0.3 is 29.3 Å². The van der Waals surface area contributed by atoms with Gasteiger partial charge in [-0.3, -0.25) is 19.3 Å². The third-order valence-electron chi connectivity index (χ3n) is 9.92. The highest BCUT2D eigenvalue weighted by atomic mass is 79.9. The van der Waals surface area contributed by atoms with Crippen molar-refractivity contribution in [3.63, 3.8) is 0 Å². The number of ether oxygens (including phenoxy) is 2. The Balaban J connectivity index is 1.51. The Labute approximate surface area is 281 Å². The lowest BCUT2D eigenvalue weighted by molar-refractivity contribution is -0.152. The molecule has 4 aliphatic heterocycles. The van der Waals surface area contributed by atoms with Gasteiger partial charge in [0.25, 0.3) is 0 Å². The second-order valence-corrected chi connectivity index (χ2v) is 14.6. The molecule has 2 bridgehead atoms. The predicted molar refractivity (Wildman–Crippen MR) is 179 cm³/mol. The lowest BCUT2D eigenvalue weighted by Crippen LogP contribution is -2.60. The molecule has 3 amide bonds. The number of hydrogen-bond acceptors (Lipinski definition) is 7. The van der Waals surface area contributed by atoms with Crippen LogP contribution in [0.15, 0.2) is 55.6 Å². The largest absolute Gasteiger partial charge is 0.394 e. The summed E-state index contributed by atoms with van der Waals surface area (Å²) >= 11 is 3.80. The van der Waals surface area contributed by atoms with Crippen molar-refractivity contribution in [3.8, 4) is 0 Å². The number of aliphatic hydroxyl groups excluding tert-OH is 1. The molecule has 4 saturated heterocycles. The summed E-state index contributed by atoms with van der Waals surface area (Å²) < 4.78 is 12.3. The summed E-state index contributed by atoms with van der Waals surface area (Å²) in [5, 5.41) is 10.7. The molecule has 0 radical (unpaired) electrons. The summed E-state index contributed by atoms with van der Waals surface area (Å²) in [5.74, 6) is -2.17. The van der Waals surface area contributed by atoms with Gasteiger partial charge in [0.05, 0.1) is 43.8 Å². The average Bonchev–Trinajstić information content (AvgIpc) is 3.65. The number of benzene rings is 1. The van der Waals surface area contributed by atoms with Gasteiger partial charge in [-0.2, -0.15) is 0 Å². The van der Waals surface area contributed by atoms with Gasteiger partial charge in [0, 0.05) is 50.6 Å². The van der Waals surface area contributed by atoms with Crippen molar-refractivity contribution in [1.29, 1.82) is 0 Å². The Morgan fingerprint density at radius 2 is 1.78 bits per heavy atom. The number of alkyl halides is 1. The van der Waals surface area contributed by atoms with Crippen molar-refractivity contribution in [3.05, 3.63) is 61.2 Å². The fourth-order valence-corrected chi connectivity index (χ4v) is 8.90. The van der Waals surface area contributed by atoms with Gasteiger partial charge in [-0.15, -0.1) is 13.2 Å². The lowest BCUT2D eigenvalue weighted by atomic mass is 9.70. The van der Waals surface area contributed by atoms with E-state index in [0.29, 0.717) is 58.8 Å². The van der Waals surface area contributed by atoms with Crippen molar-refractivity contribution in [2.75, 3.05) is 59.1 Å². The van der Waals surface area contributed by atoms with Crippen LogP contribution in [0, 0.1) is 17.8 Å². The molecule has 252 valence electrons. The zero-order valence-corrected chi connectivity index (χ0v) is 28.7. The number of aliphatic hydroxyl groups is 1. The molecular formula is C35H49BrN4O6. The highest BCUT2D eigenvalue weighted by Crippen LogP contribution is 2.61. The first kappa shape index (κ1) is 34.8. The fraction of sp³-hybridized carbons (Fsp3) is 0.629. The van der Waals surface area contributed by atoms with Gasteiger partial charge in [0.1, 0.15) is 11.6 Å². The number of morpholine rings is 1. The van der Waals surface area contributed by atoms with E-state index in [2.05, 4.69) is 34.0 Å². The van der Waals surface area contributed by atoms with E-state index in [-0.39, 0.29) is 35.1 Å². The summed E-state index contributed by atoms with van der Waals surface area (Å²) in [6.45, 7) is 16.6. The molecule has 1 N–H and O–H groups in total. The van der Waals surface area contributed by atoms with Gasteiger partial charge >= 0.3 is 0 Å². The van der Waals surface area contributed by atoms with Gasteiger partial charge in [0.15, 0.2) is 0 Å². The minimum absolute atomic E-state index is 0.164. The number of fused-ring (bicyclic) bond motifs is 1. The number of nitrogens with zero attached hydrogens (tertiary/aromatic N) is 4. The van der Waals surface area contributed by atoms with Crippen LogP contribution in [0.2, 0.25) is 0 Å². The highest BCUT2D eigenvalue weighted by molar-refractivity contribution is 9.09. The molecule has 7 atom stereocenters. The van der Waals surface area contributed by atoms with E-state index in [0.717, 1.165) is 18.7 Å². The third kappa shape index (κ3) is 6.71. The van der Waals surface area contributed by atoms with Gasteiger partial charge in [0.2, 0.25) is 17.7 Å². The van der Waals surface area contributed by atoms with E-state index in [1.54, 1.807) is 26.9 Å². The smallest absolute Gasteiger partial charge is 0.248 e. The molecule has 11 heteroatoms. The Morgan fingerprint density at radius 1 is 1.11 bits per heavy atom. The van der Waals surface area contributed by atoms with Gasteiger partial charge in [-0.05, 0) is 24.3 Å². The maximum Gasteiger partial charge on any atom is 0.248 e. The molecule has 0 aromatic heterocycles. The molecule has 10 nitrogen and oxygen atoms in total. The average molecular weight is 702 g/mol. The molecule has 46 heavy (non-hydrogen) atoms. The van der Waals surface area contributed by atoms with Crippen LogP contribution in [0.25, 0.3) is 0 Å². The molecule has 1 aromatic rings. The third-order valence-corrected chi connectivity index (χ3v) is 10.8. The Morgan fingerprint density at radius 3 is 2.41 bits per heavy atom. The summed E-state index contributed by atoms with van der Waals surface area (Å²) in [6.07, 6.45) is 3.75. The maximum absolute atomic E-state index is 14.8. The Kier molecular flexibility index (Phi) is 11.4. The van der Waals surface area contributed by atoms with E-state index in [9.17, 15) is 19.5 Å². The minimum atomic E-state index is -1.21. The van der Waals surface area contributed by atoms with Crippen LogP contribution in [0.1, 0.15) is 32.3 Å². The predicted octanol–water partition coefficient (Wildman–Crippen LogP) is 2.70. The zero-order valence-electron chi connectivity index (χ0n) is 27.1. The standard InChI is InChI=1S/C35H49BrN4O6/c1-5-12-38(15-14-37-16-18-45-19-17-37)34(44)31-35-21-27(36)30(46-35)28(29(35)33(43)40(31)26(23-41)20-24(3)4)32(42)39(13-6-2)22-25-10-8-7-9-11-25/h5-11,24,26-31,41H,1-2,12-23H2,3-4H3/t26-,27?,28-,29+,30-,31?,35?/m1/s1. The monoisotopic (exact) mass is 700 g/mol. The Hall–Kier alpha value is -2.57. The van der Waals surface area contributed by atoms with Crippen LogP contribution < -0.4 is 0 Å². The molecule has 4 heterocycles. The van der Waals surface area contributed by atoms with Crippen LogP contribution in [0.5, 0.6) is 0 Å². The lowest BCUT2D eigenvalue weighted by Gasteiger charge is -2.40. The first-order valence-electron chi connectivity index (χ1n) is 16.5. The molecule has 5 rings (SSSR count). The molecule has 4 aliphatic rings. The molecule has 1 aromatic carbocycles. The van der Waals surface area contributed by atoms with Crippen LogP contribution in [-0.2, 0) is 30.4 Å². The molecule has 1 spiro atoms. The van der Waals surface area contributed by atoms with Crippen LogP contribution >= 0.6 is 15.9 Å². The topological polar surface area (TPSA) is 103 Å². The van der Waals surface area contributed by atoms with Crippen LogP contribution in [-0.4, -0.2) is 130 Å². The number of hydrogen-bond donors (Lipinski definition) is 1. The SMILES string of the molecule is C=CCN(CCN1CCOCC1)C(=O)C1N([C@@H](CO)CC(C)C)C(=O)[C@@H]2[C@@H](C(=O)N(CC=C)Cc3ccccc3)[C@@H]3OC12CC3Br. The summed E-state index contributed by atoms with van der Waals surface area (Å²) in [7, 11) is 0. The van der Waals surface area contributed by atoms with Crippen molar-refractivity contribution >= 4 is 33.7 Å². The molecular weight excluding hydrogens is 652 g/mol. The number of amides is 3. The molecule has 4 fully saturated rings. The van der Waals surface area contributed by atoms with Crippen molar-refractivity contribution in [1.82, 2.24) is 19.6 Å². The number of carbonyl (C=O) groups excluding carboxylic acids is 3. The molecule has 0 aliphatic carbocycles. The quantitative estimate of drug-likeness (QED) is 0.222. The van der Waals surface area contributed by atoms with Crippen molar-refractivity contribution < 1.29 is 29.0 Å². The minimum Gasteiger partial charge on any atom is -0.394 e. The maximum atomic E-state index is 14.8. The summed E-state index contributed by atoms with van der Waals surface area (Å²) in [4.78, 5) is 51.2. The molecule has 3 unspecified atom stereocenters. The normalized spacial score (nSPS) is 29.5. The van der Waals surface area contributed by atoms with Gasteiger partial charge in [-0.1, -0.05) is 72.3 Å². The van der Waals surface area contributed by atoms with Gasteiger partial charge in [-0.25, -0.2) is 0 Å². The van der Waals surface area contributed by atoms with E-state index >= 15 is 0 Å². The summed E-state index contributed by atoms with van der Waals surface area (Å²) in [6, 6.07) is 8.17. The Bertz CT molecular complexity index is 1260. The van der Waals surface area contributed by atoms with Crippen molar-refractivity contribution in [2.45, 2.75) is 61.8 Å². The first-order chi connectivity index (χ1) is 22.2.